The van der Waals surface area contributed by atoms with Gasteiger partial charge < -0.3 is 11.1 Å². The van der Waals surface area contributed by atoms with E-state index < -0.39 is 9.84 Å². The largest absolute Gasteiger partial charge is 0.385 e. The van der Waals surface area contributed by atoms with E-state index in [1.54, 1.807) is 24.3 Å². The molecule has 0 spiro atoms. The highest BCUT2D eigenvalue weighted by atomic mass is 32.2. The van der Waals surface area contributed by atoms with Gasteiger partial charge in [0.25, 0.3) is 0 Å². The summed E-state index contributed by atoms with van der Waals surface area (Å²) in [5.74, 6) is 0.498. The molecule has 96 valence electrons. The zero-order valence-electron chi connectivity index (χ0n) is 10.3. The van der Waals surface area contributed by atoms with Crippen molar-refractivity contribution in [2.24, 2.45) is 11.7 Å². The van der Waals surface area contributed by atoms with Gasteiger partial charge in [0.05, 0.1) is 4.90 Å². The molecule has 0 aliphatic heterocycles. The summed E-state index contributed by atoms with van der Waals surface area (Å²) in [7, 11) is -3.10. The highest BCUT2D eigenvalue weighted by Gasteiger charge is 2.05. The molecule has 1 aromatic carbocycles. The van der Waals surface area contributed by atoms with E-state index in [9.17, 15) is 8.42 Å². The highest BCUT2D eigenvalue weighted by molar-refractivity contribution is 7.90. The number of sulfone groups is 1. The first-order valence-corrected chi connectivity index (χ1v) is 7.56. The summed E-state index contributed by atoms with van der Waals surface area (Å²) in [5.41, 5.74) is 6.46. The van der Waals surface area contributed by atoms with Gasteiger partial charge in [0.15, 0.2) is 9.84 Å². The number of nitrogens with two attached hydrogens (primary N) is 1. The smallest absolute Gasteiger partial charge is 0.175 e. The molecule has 1 unspecified atom stereocenters. The van der Waals surface area contributed by atoms with E-state index in [0.29, 0.717) is 17.4 Å². The molecule has 0 amide bonds. The third-order valence-corrected chi connectivity index (χ3v) is 3.78. The number of nitrogens with one attached hydrogen (secondary N) is 1. The van der Waals surface area contributed by atoms with Gasteiger partial charge >= 0.3 is 0 Å². The van der Waals surface area contributed by atoms with Gasteiger partial charge in [-0.1, -0.05) is 6.92 Å². The lowest BCUT2D eigenvalue weighted by molar-refractivity contribution is 0.561. The first-order chi connectivity index (χ1) is 7.93. The van der Waals surface area contributed by atoms with Crippen molar-refractivity contribution < 1.29 is 8.42 Å². The molecule has 0 bridgehead atoms. The maximum absolute atomic E-state index is 11.3. The SMILES string of the molecule is CC(CN)CCNc1ccc(S(C)(=O)=O)cc1. The van der Waals surface area contributed by atoms with Crippen LogP contribution in [0.5, 0.6) is 0 Å². The summed E-state index contributed by atoms with van der Waals surface area (Å²) in [6.07, 6.45) is 2.21. The lowest BCUT2D eigenvalue weighted by Gasteiger charge is -2.10. The minimum Gasteiger partial charge on any atom is -0.385 e. The van der Waals surface area contributed by atoms with Crippen molar-refractivity contribution >= 4 is 15.5 Å². The summed E-state index contributed by atoms with van der Waals surface area (Å²) in [6, 6.07) is 6.79. The lowest BCUT2D eigenvalue weighted by atomic mass is 10.1. The van der Waals surface area contributed by atoms with Gasteiger partial charge in [0, 0.05) is 18.5 Å². The fourth-order valence-electron chi connectivity index (χ4n) is 1.40. The van der Waals surface area contributed by atoms with Crippen LogP contribution < -0.4 is 11.1 Å². The summed E-state index contributed by atoms with van der Waals surface area (Å²) in [4.78, 5) is 0.346. The Bertz CT molecular complexity index is 440. The zero-order valence-corrected chi connectivity index (χ0v) is 11.1. The molecule has 5 heteroatoms. The van der Waals surface area contributed by atoms with E-state index in [1.165, 1.54) is 6.26 Å². The lowest BCUT2D eigenvalue weighted by Crippen LogP contribution is -2.14. The van der Waals surface area contributed by atoms with Crippen molar-refractivity contribution in [3.05, 3.63) is 24.3 Å². The summed E-state index contributed by atoms with van der Waals surface area (Å²) < 4.78 is 22.5. The summed E-state index contributed by atoms with van der Waals surface area (Å²) in [6.45, 7) is 3.64. The van der Waals surface area contributed by atoms with E-state index >= 15 is 0 Å². The number of hydrogen-bond donors (Lipinski definition) is 2. The van der Waals surface area contributed by atoms with Crippen molar-refractivity contribution in [3.8, 4) is 0 Å². The quantitative estimate of drug-likeness (QED) is 0.809. The molecule has 3 N–H and O–H groups in total. The first kappa shape index (κ1) is 14.0. The van der Waals surface area contributed by atoms with Gasteiger partial charge in [0.1, 0.15) is 0 Å². The van der Waals surface area contributed by atoms with Crippen LogP contribution in [0.25, 0.3) is 0 Å². The molecule has 0 aliphatic carbocycles. The van der Waals surface area contributed by atoms with Gasteiger partial charge in [-0.25, -0.2) is 8.42 Å². The van der Waals surface area contributed by atoms with E-state index in [-0.39, 0.29) is 0 Å². The van der Waals surface area contributed by atoms with E-state index in [0.717, 1.165) is 18.7 Å². The molecule has 0 heterocycles. The molecular weight excluding hydrogens is 236 g/mol. The molecule has 0 saturated heterocycles. The van der Waals surface area contributed by atoms with Crippen LogP contribution in [-0.4, -0.2) is 27.8 Å². The predicted octanol–water partition coefficient (Wildman–Crippen LogP) is 1.49. The fraction of sp³-hybridized carbons (Fsp3) is 0.500. The number of hydrogen-bond acceptors (Lipinski definition) is 4. The maximum atomic E-state index is 11.3. The molecule has 4 nitrogen and oxygen atoms in total. The van der Waals surface area contributed by atoms with Gasteiger partial charge in [-0.15, -0.1) is 0 Å². The van der Waals surface area contributed by atoms with E-state index in [1.807, 2.05) is 0 Å². The topological polar surface area (TPSA) is 72.2 Å². The van der Waals surface area contributed by atoms with Crippen LogP contribution >= 0.6 is 0 Å². The zero-order chi connectivity index (χ0) is 12.9. The molecule has 0 fully saturated rings. The van der Waals surface area contributed by atoms with E-state index in [4.69, 9.17) is 5.73 Å². The fourth-order valence-corrected chi connectivity index (χ4v) is 2.03. The van der Waals surface area contributed by atoms with Crippen LogP contribution in [0.1, 0.15) is 13.3 Å². The average Bonchev–Trinajstić information content (AvgIpc) is 2.28. The standard InChI is InChI=1S/C12H20N2O2S/c1-10(9-13)7-8-14-11-3-5-12(6-4-11)17(2,15)16/h3-6,10,14H,7-9,13H2,1-2H3. The molecule has 1 aromatic rings. The highest BCUT2D eigenvalue weighted by Crippen LogP contribution is 2.14. The number of benzene rings is 1. The normalized spacial score (nSPS) is 13.4. The van der Waals surface area contributed by atoms with Crippen molar-refractivity contribution in [2.75, 3.05) is 24.7 Å². The molecule has 1 rings (SSSR count). The monoisotopic (exact) mass is 256 g/mol. The van der Waals surface area contributed by atoms with Crippen LogP contribution in [0.15, 0.2) is 29.2 Å². The third kappa shape index (κ3) is 4.75. The molecule has 1 atom stereocenters. The molecule has 0 saturated carbocycles. The van der Waals surface area contributed by atoms with Gasteiger partial charge in [0.2, 0.25) is 0 Å². The Hall–Kier alpha value is -1.07. The molecule has 0 aromatic heterocycles. The molecule has 17 heavy (non-hydrogen) atoms. The van der Waals surface area contributed by atoms with Crippen molar-refractivity contribution in [3.63, 3.8) is 0 Å². The number of rotatable bonds is 6. The minimum absolute atomic E-state index is 0.346. The minimum atomic E-state index is -3.10. The second kappa shape index (κ2) is 6.02. The summed E-state index contributed by atoms with van der Waals surface area (Å²) >= 11 is 0. The Morgan fingerprint density at radius 2 is 1.88 bits per heavy atom. The average molecular weight is 256 g/mol. The van der Waals surface area contributed by atoms with Gasteiger partial charge in [-0.05, 0) is 43.1 Å². The van der Waals surface area contributed by atoms with Crippen LogP contribution in [0, 0.1) is 5.92 Å². The number of anilines is 1. The molecular formula is C12H20N2O2S. The van der Waals surface area contributed by atoms with Gasteiger partial charge in [-0.3, -0.25) is 0 Å². The van der Waals surface area contributed by atoms with Crippen LogP contribution in [0.4, 0.5) is 5.69 Å². The Balaban J connectivity index is 2.52. The Labute approximate surface area is 103 Å². The third-order valence-electron chi connectivity index (χ3n) is 2.65. The Morgan fingerprint density at radius 1 is 1.29 bits per heavy atom. The van der Waals surface area contributed by atoms with Crippen LogP contribution in [0.2, 0.25) is 0 Å². The van der Waals surface area contributed by atoms with Crippen molar-refractivity contribution in [1.29, 1.82) is 0 Å². The molecule has 0 aliphatic rings. The van der Waals surface area contributed by atoms with E-state index in [2.05, 4.69) is 12.2 Å². The van der Waals surface area contributed by atoms with Crippen LogP contribution in [0.3, 0.4) is 0 Å². The maximum Gasteiger partial charge on any atom is 0.175 e. The predicted molar refractivity (Wildman–Crippen MR) is 70.9 cm³/mol. The van der Waals surface area contributed by atoms with Gasteiger partial charge in [-0.2, -0.15) is 0 Å². The Morgan fingerprint density at radius 3 is 2.35 bits per heavy atom. The summed E-state index contributed by atoms with van der Waals surface area (Å²) in [5, 5.41) is 3.24. The Kier molecular flexibility index (Phi) is 4.96. The van der Waals surface area contributed by atoms with Crippen molar-refractivity contribution in [2.45, 2.75) is 18.2 Å². The molecule has 0 radical (unpaired) electrons. The van der Waals surface area contributed by atoms with Crippen molar-refractivity contribution in [1.82, 2.24) is 0 Å². The van der Waals surface area contributed by atoms with Crippen LogP contribution in [-0.2, 0) is 9.84 Å². The second-order valence-electron chi connectivity index (χ2n) is 4.35. The second-order valence-corrected chi connectivity index (χ2v) is 6.37. The first-order valence-electron chi connectivity index (χ1n) is 5.67.